The van der Waals surface area contributed by atoms with E-state index in [2.05, 4.69) is 10.3 Å². The summed E-state index contributed by atoms with van der Waals surface area (Å²) in [6.07, 6.45) is 5.63. The van der Waals surface area contributed by atoms with Crippen molar-refractivity contribution in [2.75, 3.05) is 6.54 Å². The number of nitrogens with one attached hydrogen (secondary N) is 1. The molecule has 1 saturated carbocycles. The van der Waals surface area contributed by atoms with E-state index in [0.717, 1.165) is 30.7 Å². The van der Waals surface area contributed by atoms with Gasteiger partial charge in [-0.05, 0) is 26.7 Å². The largest absolute Gasteiger partial charge is 0.342 e. The van der Waals surface area contributed by atoms with Crippen molar-refractivity contribution in [1.82, 2.24) is 15.2 Å². The molecule has 2 amide bonds. The van der Waals surface area contributed by atoms with E-state index in [4.69, 9.17) is 0 Å². The van der Waals surface area contributed by atoms with Gasteiger partial charge < -0.3 is 10.2 Å². The first-order chi connectivity index (χ1) is 9.96. The monoisotopic (exact) mass is 307 g/mol. The third-order valence-corrected chi connectivity index (χ3v) is 5.77. The molecule has 21 heavy (non-hydrogen) atoms. The maximum atomic E-state index is 13.1. The number of amides is 2. The van der Waals surface area contributed by atoms with Crippen LogP contribution in [0.3, 0.4) is 0 Å². The Morgan fingerprint density at radius 2 is 2.05 bits per heavy atom. The van der Waals surface area contributed by atoms with Gasteiger partial charge in [-0.3, -0.25) is 9.59 Å². The zero-order valence-corrected chi connectivity index (χ0v) is 13.3. The van der Waals surface area contributed by atoms with Crippen molar-refractivity contribution in [1.29, 1.82) is 0 Å². The maximum Gasteiger partial charge on any atom is 0.249 e. The van der Waals surface area contributed by atoms with Gasteiger partial charge in [0.15, 0.2) is 0 Å². The van der Waals surface area contributed by atoms with Crippen LogP contribution in [0.5, 0.6) is 0 Å². The van der Waals surface area contributed by atoms with Crippen LogP contribution < -0.4 is 5.32 Å². The lowest BCUT2D eigenvalue weighted by atomic mass is 9.93. The van der Waals surface area contributed by atoms with Crippen molar-refractivity contribution in [2.45, 2.75) is 57.0 Å². The van der Waals surface area contributed by atoms with E-state index >= 15 is 0 Å². The highest BCUT2D eigenvalue weighted by atomic mass is 32.1. The number of thiazole rings is 1. The highest BCUT2D eigenvalue weighted by Gasteiger charge is 2.50. The molecule has 0 radical (unpaired) electrons. The van der Waals surface area contributed by atoms with Gasteiger partial charge in [-0.2, -0.15) is 0 Å². The van der Waals surface area contributed by atoms with Gasteiger partial charge in [0.05, 0.1) is 5.54 Å². The predicted molar refractivity (Wildman–Crippen MR) is 80.8 cm³/mol. The minimum Gasteiger partial charge on any atom is -0.342 e. The summed E-state index contributed by atoms with van der Waals surface area (Å²) in [4.78, 5) is 31.4. The van der Waals surface area contributed by atoms with E-state index in [1.54, 1.807) is 17.5 Å². The fourth-order valence-electron chi connectivity index (χ4n) is 3.45. The van der Waals surface area contributed by atoms with Gasteiger partial charge >= 0.3 is 0 Å². The molecule has 1 spiro atoms. The molecule has 1 N–H and O–H groups in total. The molecule has 114 valence electrons. The fraction of sp³-hybridized carbons (Fsp3) is 0.667. The molecule has 6 heteroatoms. The van der Waals surface area contributed by atoms with Crippen molar-refractivity contribution in [3.63, 3.8) is 0 Å². The number of hydrogen-bond donors (Lipinski definition) is 1. The van der Waals surface area contributed by atoms with E-state index in [-0.39, 0.29) is 11.8 Å². The molecule has 1 aromatic heterocycles. The van der Waals surface area contributed by atoms with Crippen molar-refractivity contribution in [2.24, 2.45) is 0 Å². The number of hydrogen-bond acceptors (Lipinski definition) is 4. The molecule has 0 aromatic carbocycles. The fourth-order valence-corrected chi connectivity index (χ4v) is 4.22. The van der Waals surface area contributed by atoms with Gasteiger partial charge in [0.2, 0.25) is 11.8 Å². The maximum absolute atomic E-state index is 13.1. The Kier molecular flexibility index (Phi) is 3.51. The SMILES string of the molecule is CC(C)(c1nccs1)N1CCC(=O)NC2(CCCC2)C1=O. The summed E-state index contributed by atoms with van der Waals surface area (Å²) in [5.41, 5.74) is -1.16. The van der Waals surface area contributed by atoms with Crippen molar-refractivity contribution in [3.8, 4) is 0 Å². The smallest absolute Gasteiger partial charge is 0.249 e. The zero-order valence-electron chi connectivity index (χ0n) is 12.5. The van der Waals surface area contributed by atoms with Crippen LogP contribution in [0.4, 0.5) is 0 Å². The lowest BCUT2D eigenvalue weighted by Gasteiger charge is -2.40. The normalized spacial score (nSPS) is 22.5. The molecular weight excluding hydrogens is 286 g/mol. The number of rotatable bonds is 2. The van der Waals surface area contributed by atoms with Crippen LogP contribution in [0.25, 0.3) is 0 Å². The third kappa shape index (κ3) is 2.35. The van der Waals surface area contributed by atoms with Crippen LogP contribution in [-0.4, -0.2) is 33.8 Å². The first kappa shape index (κ1) is 14.5. The molecule has 1 aromatic rings. The van der Waals surface area contributed by atoms with Crippen LogP contribution in [0, 0.1) is 0 Å². The Hall–Kier alpha value is -1.43. The van der Waals surface area contributed by atoms with Crippen molar-refractivity contribution in [3.05, 3.63) is 16.6 Å². The lowest BCUT2D eigenvalue weighted by molar-refractivity contribution is -0.143. The second-order valence-electron chi connectivity index (χ2n) is 6.44. The van der Waals surface area contributed by atoms with E-state index in [1.165, 1.54) is 0 Å². The third-order valence-electron chi connectivity index (χ3n) is 4.68. The van der Waals surface area contributed by atoms with E-state index in [9.17, 15) is 9.59 Å². The number of aromatic nitrogens is 1. The van der Waals surface area contributed by atoms with Gasteiger partial charge in [0.1, 0.15) is 10.5 Å². The van der Waals surface area contributed by atoms with Gasteiger partial charge in [0, 0.05) is 24.5 Å². The first-order valence-electron chi connectivity index (χ1n) is 7.49. The van der Waals surface area contributed by atoms with Crippen LogP contribution in [0.15, 0.2) is 11.6 Å². The van der Waals surface area contributed by atoms with Crippen LogP contribution in [-0.2, 0) is 15.1 Å². The average Bonchev–Trinajstić information content (AvgIpc) is 3.07. The van der Waals surface area contributed by atoms with Crippen molar-refractivity contribution >= 4 is 23.2 Å². The van der Waals surface area contributed by atoms with Crippen LogP contribution >= 0.6 is 11.3 Å². The molecule has 3 rings (SSSR count). The topological polar surface area (TPSA) is 62.3 Å². The summed E-state index contributed by atoms with van der Waals surface area (Å²) in [6.45, 7) is 4.49. The molecule has 2 fully saturated rings. The van der Waals surface area contributed by atoms with Crippen LogP contribution in [0.1, 0.15) is 51.0 Å². The van der Waals surface area contributed by atoms with E-state index < -0.39 is 11.1 Å². The molecule has 1 saturated heterocycles. The Morgan fingerprint density at radius 3 is 2.67 bits per heavy atom. The standard InChI is InChI=1S/C15H21N3O2S/c1-14(2,12-16-8-10-21-12)18-9-5-11(19)17-15(13(18)20)6-3-4-7-15/h8,10H,3-7,9H2,1-2H3,(H,17,19). The molecule has 1 aliphatic heterocycles. The lowest BCUT2D eigenvalue weighted by Crippen LogP contribution is -2.58. The summed E-state index contributed by atoms with van der Waals surface area (Å²) >= 11 is 1.55. The van der Waals surface area contributed by atoms with E-state index in [0.29, 0.717) is 13.0 Å². The van der Waals surface area contributed by atoms with Gasteiger partial charge in [-0.1, -0.05) is 12.8 Å². The van der Waals surface area contributed by atoms with Gasteiger partial charge in [0.25, 0.3) is 0 Å². The minimum absolute atomic E-state index is 0.0114. The van der Waals surface area contributed by atoms with E-state index in [1.807, 2.05) is 24.1 Å². The number of carbonyl (C=O) groups is 2. The highest BCUT2D eigenvalue weighted by Crippen LogP contribution is 2.38. The first-order valence-corrected chi connectivity index (χ1v) is 8.37. The molecule has 0 atom stereocenters. The predicted octanol–water partition coefficient (Wildman–Crippen LogP) is 2.04. The highest BCUT2D eigenvalue weighted by molar-refractivity contribution is 7.09. The average molecular weight is 307 g/mol. The minimum atomic E-state index is -0.678. The summed E-state index contributed by atoms with van der Waals surface area (Å²) in [5.74, 6) is 0.0498. The van der Waals surface area contributed by atoms with Crippen LogP contribution in [0.2, 0.25) is 0 Å². The Morgan fingerprint density at radius 1 is 1.33 bits per heavy atom. The Labute approximate surface area is 128 Å². The quantitative estimate of drug-likeness (QED) is 0.909. The zero-order chi connectivity index (χ0) is 15.1. The van der Waals surface area contributed by atoms with Crippen molar-refractivity contribution < 1.29 is 9.59 Å². The molecule has 1 aliphatic carbocycles. The molecular formula is C15H21N3O2S. The van der Waals surface area contributed by atoms with Gasteiger partial charge in [-0.15, -0.1) is 11.3 Å². The second kappa shape index (κ2) is 5.09. The number of nitrogens with zero attached hydrogens (tertiary/aromatic N) is 2. The summed E-state index contributed by atoms with van der Waals surface area (Å²) in [6, 6.07) is 0. The number of carbonyl (C=O) groups excluding carboxylic acids is 2. The summed E-state index contributed by atoms with van der Waals surface area (Å²) in [7, 11) is 0. The molecule has 2 aliphatic rings. The molecule has 0 unspecified atom stereocenters. The van der Waals surface area contributed by atoms with Gasteiger partial charge in [-0.25, -0.2) is 4.98 Å². The molecule has 0 bridgehead atoms. The summed E-state index contributed by atoms with van der Waals surface area (Å²) < 4.78 is 0. The Balaban J connectivity index is 1.97. The summed E-state index contributed by atoms with van der Waals surface area (Å²) in [5, 5.41) is 5.84. The molecule has 5 nitrogen and oxygen atoms in total. The second-order valence-corrected chi connectivity index (χ2v) is 7.34. The Bertz CT molecular complexity index is 547. The molecule has 2 heterocycles.